The summed E-state index contributed by atoms with van der Waals surface area (Å²) in [5, 5.41) is 0. The molecule has 0 heterocycles. The van der Waals surface area contributed by atoms with Crippen molar-refractivity contribution in [2.75, 3.05) is 11.9 Å². The summed E-state index contributed by atoms with van der Waals surface area (Å²) in [7, 11) is 2.14. The van der Waals surface area contributed by atoms with Crippen LogP contribution in [0.15, 0.2) is 42.5 Å². The number of hydrogen-bond acceptors (Lipinski definition) is 1. The standard InChI is InChI=1S/C21H29N/c1-6-7-8-19-11-14-21(15-17(19)4)22(5)20-12-9-18(10-13-20)16(2)3/h9-16H,6-8H2,1-5H3. The van der Waals surface area contributed by atoms with Crippen molar-refractivity contribution in [2.24, 2.45) is 0 Å². The highest BCUT2D eigenvalue weighted by Gasteiger charge is 2.07. The van der Waals surface area contributed by atoms with Gasteiger partial charge in [0.1, 0.15) is 0 Å². The lowest BCUT2D eigenvalue weighted by Gasteiger charge is -2.21. The van der Waals surface area contributed by atoms with E-state index in [1.807, 2.05) is 0 Å². The Morgan fingerprint density at radius 2 is 1.59 bits per heavy atom. The number of unbranched alkanes of at least 4 members (excludes halogenated alkanes) is 1. The maximum atomic E-state index is 2.31. The third kappa shape index (κ3) is 3.91. The zero-order chi connectivity index (χ0) is 16.1. The summed E-state index contributed by atoms with van der Waals surface area (Å²) >= 11 is 0. The van der Waals surface area contributed by atoms with Gasteiger partial charge in [0.05, 0.1) is 0 Å². The smallest absolute Gasteiger partial charge is 0.0410 e. The van der Waals surface area contributed by atoms with Gasteiger partial charge in [0.2, 0.25) is 0 Å². The van der Waals surface area contributed by atoms with E-state index < -0.39 is 0 Å². The normalized spacial score (nSPS) is 11.0. The Morgan fingerprint density at radius 3 is 2.14 bits per heavy atom. The Hall–Kier alpha value is -1.76. The number of nitrogens with zero attached hydrogens (tertiary/aromatic N) is 1. The number of rotatable bonds is 6. The van der Waals surface area contributed by atoms with Crippen LogP contribution in [0.25, 0.3) is 0 Å². The molecule has 0 saturated carbocycles. The molecule has 0 aliphatic carbocycles. The van der Waals surface area contributed by atoms with E-state index in [4.69, 9.17) is 0 Å². The Labute approximate surface area is 136 Å². The van der Waals surface area contributed by atoms with Crippen molar-refractivity contribution in [2.45, 2.75) is 52.9 Å². The quantitative estimate of drug-likeness (QED) is 0.610. The van der Waals surface area contributed by atoms with Crippen molar-refractivity contribution in [1.82, 2.24) is 0 Å². The summed E-state index contributed by atoms with van der Waals surface area (Å²) < 4.78 is 0. The van der Waals surface area contributed by atoms with Crippen molar-refractivity contribution in [3.05, 3.63) is 59.2 Å². The average Bonchev–Trinajstić information content (AvgIpc) is 2.53. The van der Waals surface area contributed by atoms with E-state index in [2.05, 4.69) is 82.1 Å². The second-order valence-electron chi connectivity index (χ2n) is 6.52. The Kier molecular flexibility index (Phi) is 5.65. The lowest BCUT2D eigenvalue weighted by atomic mass is 10.0. The molecule has 0 atom stereocenters. The van der Waals surface area contributed by atoms with Gasteiger partial charge in [-0.15, -0.1) is 0 Å². The van der Waals surface area contributed by atoms with E-state index in [0.29, 0.717) is 5.92 Å². The van der Waals surface area contributed by atoms with E-state index in [-0.39, 0.29) is 0 Å². The molecule has 0 fully saturated rings. The molecule has 0 N–H and O–H groups in total. The largest absolute Gasteiger partial charge is 0.345 e. The topological polar surface area (TPSA) is 3.24 Å². The minimum absolute atomic E-state index is 0.583. The predicted molar refractivity (Wildman–Crippen MR) is 98.4 cm³/mol. The fourth-order valence-electron chi connectivity index (χ4n) is 2.77. The molecular weight excluding hydrogens is 266 g/mol. The van der Waals surface area contributed by atoms with Gasteiger partial charge in [-0.05, 0) is 66.6 Å². The first kappa shape index (κ1) is 16.6. The minimum atomic E-state index is 0.583. The first-order valence-electron chi connectivity index (χ1n) is 8.46. The molecule has 0 aliphatic rings. The van der Waals surface area contributed by atoms with Crippen LogP contribution in [-0.4, -0.2) is 7.05 Å². The first-order chi connectivity index (χ1) is 10.5. The molecule has 2 aromatic rings. The Morgan fingerprint density at radius 1 is 0.955 bits per heavy atom. The summed E-state index contributed by atoms with van der Waals surface area (Å²) in [6.45, 7) is 8.94. The van der Waals surface area contributed by atoms with Crippen LogP contribution >= 0.6 is 0 Å². The number of benzene rings is 2. The highest BCUT2D eigenvalue weighted by Crippen LogP contribution is 2.27. The van der Waals surface area contributed by atoms with Crippen LogP contribution < -0.4 is 4.90 Å². The molecule has 0 aromatic heterocycles. The monoisotopic (exact) mass is 295 g/mol. The second kappa shape index (κ2) is 7.49. The molecule has 1 nitrogen and oxygen atoms in total. The number of anilines is 2. The summed E-state index contributed by atoms with van der Waals surface area (Å²) in [5.74, 6) is 0.583. The molecule has 0 radical (unpaired) electrons. The molecule has 0 saturated heterocycles. The highest BCUT2D eigenvalue weighted by atomic mass is 15.1. The molecule has 2 aromatic carbocycles. The van der Waals surface area contributed by atoms with Crippen molar-refractivity contribution in [1.29, 1.82) is 0 Å². The highest BCUT2D eigenvalue weighted by molar-refractivity contribution is 5.64. The van der Waals surface area contributed by atoms with Gasteiger partial charge in [-0.1, -0.05) is 45.4 Å². The van der Waals surface area contributed by atoms with Crippen LogP contribution in [0.2, 0.25) is 0 Å². The minimum Gasteiger partial charge on any atom is -0.345 e. The van der Waals surface area contributed by atoms with Crippen LogP contribution in [0.5, 0.6) is 0 Å². The van der Waals surface area contributed by atoms with Crippen LogP contribution in [0.4, 0.5) is 11.4 Å². The van der Waals surface area contributed by atoms with E-state index in [1.165, 1.54) is 47.3 Å². The summed E-state index contributed by atoms with van der Waals surface area (Å²) in [6.07, 6.45) is 3.71. The molecule has 0 amide bonds. The maximum Gasteiger partial charge on any atom is 0.0410 e. The van der Waals surface area contributed by atoms with Crippen molar-refractivity contribution >= 4 is 11.4 Å². The SMILES string of the molecule is CCCCc1ccc(N(C)c2ccc(C(C)C)cc2)cc1C. The van der Waals surface area contributed by atoms with Gasteiger partial charge < -0.3 is 4.90 Å². The molecule has 2 rings (SSSR count). The molecular formula is C21H29N. The maximum absolute atomic E-state index is 2.31. The van der Waals surface area contributed by atoms with Crippen molar-refractivity contribution in [3.8, 4) is 0 Å². The lowest BCUT2D eigenvalue weighted by Crippen LogP contribution is -2.10. The summed E-state index contributed by atoms with van der Waals surface area (Å²) in [4.78, 5) is 2.26. The molecule has 0 spiro atoms. The molecule has 22 heavy (non-hydrogen) atoms. The molecule has 0 aliphatic heterocycles. The van der Waals surface area contributed by atoms with Gasteiger partial charge in [0.15, 0.2) is 0 Å². The van der Waals surface area contributed by atoms with Crippen molar-refractivity contribution < 1.29 is 0 Å². The van der Waals surface area contributed by atoms with E-state index in [1.54, 1.807) is 0 Å². The van der Waals surface area contributed by atoms with Gasteiger partial charge in [0.25, 0.3) is 0 Å². The van der Waals surface area contributed by atoms with E-state index >= 15 is 0 Å². The fourth-order valence-corrected chi connectivity index (χ4v) is 2.77. The molecule has 118 valence electrons. The van der Waals surface area contributed by atoms with Crippen LogP contribution in [0.3, 0.4) is 0 Å². The second-order valence-corrected chi connectivity index (χ2v) is 6.52. The average molecular weight is 295 g/mol. The van der Waals surface area contributed by atoms with Gasteiger partial charge in [-0.25, -0.2) is 0 Å². The Balaban J connectivity index is 2.18. The molecule has 0 unspecified atom stereocenters. The van der Waals surface area contributed by atoms with Crippen LogP contribution in [-0.2, 0) is 6.42 Å². The summed E-state index contributed by atoms with van der Waals surface area (Å²) in [5.41, 5.74) is 6.77. The molecule has 1 heteroatoms. The van der Waals surface area contributed by atoms with Gasteiger partial charge >= 0.3 is 0 Å². The van der Waals surface area contributed by atoms with Gasteiger partial charge in [-0.2, -0.15) is 0 Å². The van der Waals surface area contributed by atoms with E-state index in [9.17, 15) is 0 Å². The van der Waals surface area contributed by atoms with Gasteiger partial charge in [-0.3, -0.25) is 0 Å². The third-order valence-electron chi connectivity index (χ3n) is 4.46. The zero-order valence-electron chi connectivity index (χ0n) is 14.7. The zero-order valence-corrected chi connectivity index (χ0v) is 14.7. The summed E-state index contributed by atoms with van der Waals surface area (Å²) in [6, 6.07) is 15.7. The third-order valence-corrected chi connectivity index (χ3v) is 4.46. The fraction of sp³-hybridized carbons (Fsp3) is 0.429. The molecule has 0 bridgehead atoms. The predicted octanol–water partition coefficient (Wildman–Crippen LogP) is 6.23. The van der Waals surface area contributed by atoms with E-state index in [0.717, 1.165) is 0 Å². The van der Waals surface area contributed by atoms with Crippen LogP contribution in [0.1, 0.15) is 56.2 Å². The lowest BCUT2D eigenvalue weighted by molar-refractivity contribution is 0.791. The first-order valence-corrected chi connectivity index (χ1v) is 8.46. The number of aryl methyl sites for hydroxylation is 2. The Bertz CT molecular complexity index is 596. The van der Waals surface area contributed by atoms with Crippen molar-refractivity contribution in [3.63, 3.8) is 0 Å². The van der Waals surface area contributed by atoms with Crippen LogP contribution in [0, 0.1) is 6.92 Å². The number of hydrogen-bond donors (Lipinski definition) is 0. The van der Waals surface area contributed by atoms with Gasteiger partial charge in [0, 0.05) is 18.4 Å².